The van der Waals surface area contributed by atoms with Crippen LogP contribution >= 0.6 is 0 Å². The molecule has 10 nitrogen and oxygen atoms in total. The van der Waals surface area contributed by atoms with Crippen LogP contribution in [0.5, 0.6) is 0 Å². The highest BCUT2D eigenvalue weighted by Gasteiger charge is 2.42. The predicted octanol–water partition coefficient (Wildman–Crippen LogP) is 1.42. The third kappa shape index (κ3) is 4.75. The first kappa shape index (κ1) is 23.5. The normalized spacial score (nSPS) is 24.8. The fraction of sp³-hybridized carbons (Fsp3) is 0.480. The van der Waals surface area contributed by atoms with Gasteiger partial charge in [0, 0.05) is 69.5 Å². The summed E-state index contributed by atoms with van der Waals surface area (Å²) in [6.45, 7) is 6.05. The van der Waals surface area contributed by atoms with Gasteiger partial charge >= 0.3 is 0 Å². The number of pyridine rings is 1. The molecule has 0 amide bonds. The van der Waals surface area contributed by atoms with E-state index in [1.54, 1.807) is 16.7 Å². The quantitative estimate of drug-likeness (QED) is 0.509. The lowest BCUT2D eigenvalue weighted by atomic mass is 10.0. The maximum absolute atomic E-state index is 11.9. The number of ether oxygens (including phenoxy) is 1. The molecule has 0 aliphatic carbocycles. The molecular formula is C25H31N7O3S. The molecule has 3 aromatic rings. The summed E-state index contributed by atoms with van der Waals surface area (Å²) in [5, 5.41) is 6.78. The zero-order valence-electron chi connectivity index (χ0n) is 20.3. The van der Waals surface area contributed by atoms with E-state index >= 15 is 0 Å². The number of sulfonamides is 1. The first-order valence-corrected chi connectivity index (χ1v) is 14.3. The highest BCUT2D eigenvalue weighted by atomic mass is 32.2. The Morgan fingerprint density at radius 2 is 1.83 bits per heavy atom. The van der Waals surface area contributed by atoms with Gasteiger partial charge in [0.2, 0.25) is 10.0 Å². The molecule has 0 radical (unpaired) electrons. The van der Waals surface area contributed by atoms with Crippen LogP contribution in [0.4, 0.5) is 11.5 Å². The molecule has 1 aromatic carbocycles. The predicted molar refractivity (Wildman–Crippen MR) is 139 cm³/mol. The summed E-state index contributed by atoms with van der Waals surface area (Å²) in [6.07, 6.45) is 4.77. The second-order valence-corrected chi connectivity index (χ2v) is 11.9. The summed E-state index contributed by atoms with van der Waals surface area (Å²) in [5.74, 6) is 1.48. The van der Waals surface area contributed by atoms with Crippen molar-refractivity contribution in [2.75, 3.05) is 68.9 Å². The number of anilines is 2. The van der Waals surface area contributed by atoms with E-state index in [4.69, 9.17) is 9.72 Å². The Labute approximate surface area is 211 Å². The van der Waals surface area contributed by atoms with Gasteiger partial charge in [-0.15, -0.1) is 0 Å². The largest absolute Gasteiger partial charge is 0.374 e. The van der Waals surface area contributed by atoms with Crippen LogP contribution in [0.25, 0.3) is 22.3 Å². The molecule has 2 unspecified atom stereocenters. The number of nitrogens with zero attached hydrogens (tertiary/aromatic N) is 5. The van der Waals surface area contributed by atoms with Crippen LogP contribution in [0.15, 0.2) is 42.7 Å². The molecule has 3 fully saturated rings. The number of hydrogen-bond acceptors (Lipinski definition) is 9. The SMILES string of the molecule is CS(=O)(=O)N1CC2CN(c3ccc(-c4cc5nccnc5c(NC[C@@H]5CNCCO5)n4)cc3)CC2C1. The van der Waals surface area contributed by atoms with Crippen molar-refractivity contribution in [1.29, 1.82) is 0 Å². The highest BCUT2D eigenvalue weighted by Crippen LogP contribution is 2.35. The number of hydrogen-bond donors (Lipinski definition) is 2. The van der Waals surface area contributed by atoms with Crippen molar-refractivity contribution in [1.82, 2.24) is 24.6 Å². The molecule has 0 bridgehead atoms. The lowest BCUT2D eigenvalue weighted by molar-refractivity contribution is 0.0372. The monoisotopic (exact) mass is 509 g/mol. The van der Waals surface area contributed by atoms with Crippen molar-refractivity contribution < 1.29 is 13.2 Å². The van der Waals surface area contributed by atoms with E-state index in [1.807, 2.05) is 6.07 Å². The molecule has 3 atom stereocenters. The Kier molecular flexibility index (Phi) is 6.24. The Hall–Kier alpha value is -2.86. The van der Waals surface area contributed by atoms with E-state index in [0.29, 0.717) is 43.9 Å². The van der Waals surface area contributed by atoms with Crippen molar-refractivity contribution >= 4 is 32.6 Å². The molecule has 3 aliphatic heterocycles. The zero-order valence-corrected chi connectivity index (χ0v) is 21.1. The molecule has 190 valence electrons. The molecule has 11 heteroatoms. The topological polar surface area (TPSA) is 113 Å². The van der Waals surface area contributed by atoms with Gasteiger partial charge in [-0.3, -0.25) is 4.98 Å². The van der Waals surface area contributed by atoms with Crippen LogP contribution in [0, 0.1) is 11.8 Å². The van der Waals surface area contributed by atoms with Crippen molar-refractivity contribution in [3.63, 3.8) is 0 Å². The standard InChI is InChI=1S/C25H31N7O3S/c1-36(33,34)32-15-18-13-31(14-19(18)16-32)20-4-2-17(3-5-20)22-10-23-24(28-7-6-27-23)25(30-22)29-12-21-11-26-8-9-35-21/h2-7,10,18-19,21,26H,8-9,11-16H2,1H3,(H,29,30)/t18?,19?,21-/m0/s1. The second-order valence-electron chi connectivity index (χ2n) is 9.91. The third-order valence-corrected chi connectivity index (χ3v) is 8.64. The minimum Gasteiger partial charge on any atom is -0.374 e. The van der Waals surface area contributed by atoms with Crippen molar-refractivity contribution in [2.24, 2.45) is 11.8 Å². The average Bonchev–Trinajstić information content (AvgIpc) is 3.48. The molecule has 0 saturated carbocycles. The number of morpholine rings is 1. The van der Waals surface area contributed by atoms with Crippen molar-refractivity contribution in [2.45, 2.75) is 6.10 Å². The maximum atomic E-state index is 11.9. The number of aromatic nitrogens is 3. The molecule has 0 spiro atoms. The number of benzene rings is 1. The summed E-state index contributed by atoms with van der Waals surface area (Å²) in [7, 11) is -3.11. The van der Waals surface area contributed by atoms with E-state index in [0.717, 1.165) is 54.2 Å². The Morgan fingerprint density at radius 3 is 2.53 bits per heavy atom. The maximum Gasteiger partial charge on any atom is 0.211 e. The van der Waals surface area contributed by atoms with Crippen LogP contribution in [0.2, 0.25) is 0 Å². The van der Waals surface area contributed by atoms with Gasteiger partial charge in [0.05, 0.1) is 30.2 Å². The van der Waals surface area contributed by atoms with E-state index in [2.05, 4.69) is 49.8 Å². The first-order valence-electron chi connectivity index (χ1n) is 12.4. The minimum absolute atomic E-state index is 0.0830. The summed E-state index contributed by atoms with van der Waals surface area (Å²) in [5.41, 5.74) is 4.53. The summed E-state index contributed by atoms with van der Waals surface area (Å²) < 4.78 is 31.2. The molecule has 36 heavy (non-hydrogen) atoms. The molecule has 2 N–H and O–H groups in total. The van der Waals surface area contributed by atoms with Gasteiger partial charge < -0.3 is 20.3 Å². The fourth-order valence-electron chi connectivity index (χ4n) is 5.48. The lowest BCUT2D eigenvalue weighted by Crippen LogP contribution is -2.42. The number of nitrogens with one attached hydrogen (secondary N) is 2. The van der Waals surface area contributed by atoms with Crippen LogP contribution < -0.4 is 15.5 Å². The molecule has 3 aliphatic rings. The van der Waals surface area contributed by atoms with Gasteiger partial charge in [0.15, 0.2) is 5.82 Å². The smallest absolute Gasteiger partial charge is 0.211 e. The number of rotatable bonds is 6. The van der Waals surface area contributed by atoms with E-state index in [1.165, 1.54) is 6.26 Å². The Balaban J connectivity index is 1.19. The Bertz CT molecular complexity index is 1330. The van der Waals surface area contributed by atoms with Gasteiger partial charge in [-0.05, 0) is 30.0 Å². The van der Waals surface area contributed by atoms with Crippen molar-refractivity contribution in [3.05, 3.63) is 42.7 Å². The van der Waals surface area contributed by atoms with Crippen LogP contribution in [-0.2, 0) is 14.8 Å². The van der Waals surface area contributed by atoms with Gasteiger partial charge in [0.1, 0.15) is 5.52 Å². The second kappa shape index (κ2) is 9.55. The summed E-state index contributed by atoms with van der Waals surface area (Å²) >= 11 is 0. The van der Waals surface area contributed by atoms with Crippen LogP contribution in [0.1, 0.15) is 0 Å². The lowest BCUT2D eigenvalue weighted by Gasteiger charge is -2.24. The van der Waals surface area contributed by atoms with Gasteiger partial charge in [0.25, 0.3) is 0 Å². The minimum atomic E-state index is -3.11. The average molecular weight is 510 g/mol. The summed E-state index contributed by atoms with van der Waals surface area (Å²) in [4.78, 5) is 16.3. The van der Waals surface area contributed by atoms with E-state index in [-0.39, 0.29) is 6.10 Å². The zero-order chi connectivity index (χ0) is 24.7. The van der Waals surface area contributed by atoms with Gasteiger partial charge in [-0.25, -0.2) is 22.7 Å². The molecule has 2 aromatic heterocycles. The van der Waals surface area contributed by atoms with Gasteiger partial charge in [-0.1, -0.05) is 12.1 Å². The van der Waals surface area contributed by atoms with Crippen LogP contribution in [0.3, 0.4) is 0 Å². The molecule has 3 saturated heterocycles. The third-order valence-electron chi connectivity index (χ3n) is 7.41. The molecule has 6 rings (SSSR count). The molecule has 5 heterocycles. The van der Waals surface area contributed by atoms with E-state index in [9.17, 15) is 8.42 Å². The van der Waals surface area contributed by atoms with Crippen molar-refractivity contribution in [3.8, 4) is 11.3 Å². The Morgan fingerprint density at radius 1 is 1.08 bits per heavy atom. The summed E-state index contributed by atoms with van der Waals surface area (Å²) in [6, 6.07) is 10.4. The first-order chi connectivity index (χ1) is 17.4. The van der Waals surface area contributed by atoms with E-state index < -0.39 is 10.0 Å². The fourth-order valence-corrected chi connectivity index (χ4v) is 6.40. The molecular weight excluding hydrogens is 478 g/mol. The van der Waals surface area contributed by atoms with Gasteiger partial charge in [-0.2, -0.15) is 0 Å². The number of fused-ring (bicyclic) bond motifs is 2. The van der Waals surface area contributed by atoms with Crippen LogP contribution in [-0.4, -0.2) is 92.5 Å². The highest BCUT2D eigenvalue weighted by molar-refractivity contribution is 7.88.